The third-order valence-electron chi connectivity index (χ3n) is 3.59. The molecule has 1 fully saturated rings. The molecule has 0 aromatic carbocycles. The normalized spacial score (nSPS) is 27.5. The molecule has 0 aliphatic heterocycles. The molecule has 1 aliphatic rings. The number of carbonyl (C=O) groups is 1. The topological polar surface area (TPSA) is 26.3 Å². The van der Waals surface area contributed by atoms with E-state index in [1.807, 2.05) is 0 Å². The molecule has 0 bridgehead atoms. The first-order chi connectivity index (χ1) is 7.80. The SMILES string of the molecule is C=C(C)C(=O)OCCC1CC(C)CC(C)(C)C1. The highest BCUT2D eigenvalue weighted by Crippen LogP contribution is 2.42. The molecule has 1 aliphatic carbocycles. The summed E-state index contributed by atoms with van der Waals surface area (Å²) in [7, 11) is 0. The second-order valence-electron chi connectivity index (χ2n) is 6.48. The van der Waals surface area contributed by atoms with Gasteiger partial charge in [0.25, 0.3) is 0 Å². The molecule has 2 unspecified atom stereocenters. The second kappa shape index (κ2) is 5.70. The van der Waals surface area contributed by atoms with Gasteiger partial charge in [0, 0.05) is 5.57 Å². The zero-order chi connectivity index (χ0) is 13.1. The predicted octanol–water partition coefficient (Wildman–Crippen LogP) is 3.96. The van der Waals surface area contributed by atoms with Crippen LogP contribution in [-0.2, 0) is 9.53 Å². The monoisotopic (exact) mass is 238 g/mol. The molecule has 0 spiro atoms. The van der Waals surface area contributed by atoms with Crippen molar-refractivity contribution in [2.24, 2.45) is 17.3 Å². The molecule has 0 aromatic rings. The number of esters is 1. The lowest BCUT2D eigenvalue weighted by molar-refractivity contribution is -0.139. The van der Waals surface area contributed by atoms with Crippen LogP contribution in [0, 0.1) is 17.3 Å². The Balaban J connectivity index is 2.32. The molecule has 0 heterocycles. The molecule has 0 aromatic heterocycles. The Labute approximate surface area is 105 Å². The Morgan fingerprint density at radius 3 is 2.59 bits per heavy atom. The van der Waals surface area contributed by atoms with Gasteiger partial charge in [0.2, 0.25) is 0 Å². The summed E-state index contributed by atoms with van der Waals surface area (Å²) in [6.45, 7) is 12.8. The van der Waals surface area contributed by atoms with Gasteiger partial charge in [0.1, 0.15) is 0 Å². The summed E-state index contributed by atoms with van der Waals surface area (Å²) < 4.78 is 5.17. The van der Waals surface area contributed by atoms with Crippen molar-refractivity contribution in [3.63, 3.8) is 0 Å². The van der Waals surface area contributed by atoms with E-state index >= 15 is 0 Å². The number of hydrogen-bond acceptors (Lipinski definition) is 2. The van der Waals surface area contributed by atoms with E-state index < -0.39 is 0 Å². The Bertz CT molecular complexity index is 291. The number of carbonyl (C=O) groups excluding carboxylic acids is 1. The van der Waals surface area contributed by atoms with Crippen LogP contribution in [0.4, 0.5) is 0 Å². The van der Waals surface area contributed by atoms with Gasteiger partial charge in [-0.15, -0.1) is 0 Å². The average molecular weight is 238 g/mol. The summed E-state index contributed by atoms with van der Waals surface area (Å²) in [6, 6.07) is 0. The molecular weight excluding hydrogens is 212 g/mol. The first-order valence-corrected chi connectivity index (χ1v) is 6.63. The van der Waals surface area contributed by atoms with Gasteiger partial charge in [0.05, 0.1) is 6.61 Å². The summed E-state index contributed by atoms with van der Waals surface area (Å²) in [5.41, 5.74) is 0.933. The highest BCUT2D eigenvalue weighted by Gasteiger charge is 2.31. The number of rotatable bonds is 4. The summed E-state index contributed by atoms with van der Waals surface area (Å²) >= 11 is 0. The summed E-state index contributed by atoms with van der Waals surface area (Å²) in [4.78, 5) is 11.3. The van der Waals surface area contributed by atoms with Gasteiger partial charge in [0.15, 0.2) is 0 Å². The van der Waals surface area contributed by atoms with Crippen LogP contribution >= 0.6 is 0 Å². The van der Waals surface area contributed by atoms with Crippen LogP contribution < -0.4 is 0 Å². The van der Waals surface area contributed by atoms with Gasteiger partial charge < -0.3 is 4.74 Å². The maximum atomic E-state index is 11.3. The molecule has 0 saturated heterocycles. The van der Waals surface area contributed by atoms with Crippen LogP contribution in [0.15, 0.2) is 12.2 Å². The van der Waals surface area contributed by atoms with E-state index in [4.69, 9.17) is 4.74 Å². The quantitative estimate of drug-likeness (QED) is 0.547. The van der Waals surface area contributed by atoms with Crippen LogP contribution in [-0.4, -0.2) is 12.6 Å². The molecule has 98 valence electrons. The fourth-order valence-electron chi connectivity index (χ4n) is 3.21. The Morgan fingerprint density at radius 2 is 2.06 bits per heavy atom. The van der Waals surface area contributed by atoms with E-state index in [-0.39, 0.29) is 5.97 Å². The first kappa shape index (κ1) is 14.3. The zero-order valence-corrected chi connectivity index (χ0v) is 11.7. The molecule has 0 radical (unpaired) electrons. The van der Waals surface area contributed by atoms with Crippen molar-refractivity contribution >= 4 is 5.97 Å². The van der Waals surface area contributed by atoms with E-state index in [1.165, 1.54) is 19.3 Å². The second-order valence-corrected chi connectivity index (χ2v) is 6.48. The van der Waals surface area contributed by atoms with Crippen LogP contribution in [0.2, 0.25) is 0 Å². The predicted molar refractivity (Wildman–Crippen MR) is 70.7 cm³/mol. The molecule has 1 saturated carbocycles. The van der Waals surface area contributed by atoms with Crippen molar-refractivity contribution in [1.82, 2.24) is 0 Å². The summed E-state index contributed by atoms with van der Waals surface area (Å²) in [5.74, 6) is 1.24. The Morgan fingerprint density at radius 1 is 1.41 bits per heavy atom. The first-order valence-electron chi connectivity index (χ1n) is 6.63. The number of ether oxygens (including phenoxy) is 1. The fraction of sp³-hybridized carbons (Fsp3) is 0.800. The highest BCUT2D eigenvalue weighted by molar-refractivity contribution is 5.86. The lowest BCUT2D eigenvalue weighted by atomic mass is 9.67. The maximum Gasteiger partial charge on any atom is 0.333 e. The Hall–Kier alpha value is -0.790. The van der Waals surface area contributed by atoms with E-state index in [0.717, 1.165) is 12.3 Å². The van der Waals surface area contributed by atoms with Gasteiger partial charge in [-0.3, -0.25) is 0 Å². The molecular formula is C15H26O2. The van der Waals surface area contributed by atoms with Crippen LogP contribution in [0.5, 0.6) is 0 Å². The molecule has 0 N–H and O–H groups in total. The van der Waals surface area contributed by atoms with Crippen molar-refractivity contribution in [3.8, 4) is 0 Å². The van der Waals surface area contributed by atoms with Crippen LogP contribution in [0.3, 0.4) is 0 Å². The summed E-state index contributed by atoms with van der Waals surface area (Å²) in [5, 5.41) is 0. The van der Waals surface area contributed by atoms with E-state index in [2.05, 4.69) is 27.4 Å². The smallest absolute Gasteiger partial charge is 0.333 e. The van der Waals surface area contributed by atoms with Crippen molar-refractivity contribution in [3.05, 3.63) is 12.2 Å². The zero-order valence-electron chi connectivity index (χ0n) is 11.7. The van der Waals surface area contributed by atoms with Crippen LogP contribution in [0.25, 0.3) is 0 Å². The minimum atomic E-state index is -0.256. The lowest BCUT2D eigenvalue weighted by Crippen LogP contribution is -2.28. The van der Waals surface area contributed by atoms with Gasteiger partial charge >= 0.3 is 5.97 Å². The standard InChI is InChI=1S/C15H26O2/c1-11(2)14(16)17-7-6-13-8-12(3)9-15(4,5)10-13/h12-13H,1,6-10H2,2-5H3. The van der Waals surface area contributed by atoms with E-state index in [1.54, 1.807) is 6.92 Å². The van der Waals surface area contributed by atoms with Crippen LogP contribution in [0.1, 0.15) is 53.4 Å². The van der Waals surface area contributed by atoms with Gasteiger partial charge in [-0.25, -0.2) is 4.79 Å². The molecule has 2 atom stereocenters. The highest BCUT2D eigenvalue weighted by atomic mass is 16.5. The molecule has 1 rings (SSSR count). The van der Waals surface area contributed by atoms with Gasteiger partial charge in [-0.1, -0.05) is 27.4 Å². The third-order valence-corrected chi connectivity index (χ3v) is 3.59. The summed E-state index contributed by atoms with van der Waals surface area (Å²) in [6.07, 6.45) is 4.83. The van der Waals surface area contributed by atoms with Crippen molar-refractivity contribution in [1.29, 1.82) is 0 Å². The van der Waals surface area contributed by atoms with Gasteiger partial charge in [-0.2, -0.15) is 0 Å². The van der Waals surface area contributed by atoms with E-state index in [9.17, 15) is 4.79 Å². The molecule has 2 nitrogen and oxygen atoms in total. The van der Waals surface area contributed by atoms with Crippen molar-refractivity contribution < 1.29 is 9.53 Å². The molecule has 0 amide bonds. The Kier molecular flexibility index (Phi) is 4.79. The minimum Gasteiger partial charge on any atom is -0.462 e. The maximum absolute atomic E-state index is 11.3. The molecule has 17 heavy (non-hydrogen) atoms. The third kappa shape index (κ3) is 4.93. The number of hydrogen-bond donors (Lipinski definition) is 0. The molecule has 2 heteroatoms. The van der Waals surface area contributed by atoms with Gasteiger partial charge in [-0.05, 0) is 49.9 Å². The average Bonchev–Trinajstić information content (AvgIpc) is 2.13. The largest absolute Gasteiger partial charge is 0.462 e. The van der Waals surface area contributed by atoms with E-state index in [0.29, 0.717) is 23.5 Å². The minimum absolute atomic E-state index is 0.256. The lowest BCUT2D eigenvalue weighted by Gasteiger charge is -2.39. The van der Waals surface area contributed by atoms with Crippen molar-refractivity contribution in [2.75, 3.05) is 6.61 Å². The van der Waals surface area contributed by atoms with Crippen molar-refractivity contribution in [2.45, 2.75) is 53.4 Å². The fourth-order valence-corrected chi connectivity index (χ4v) is 3.21.